The molecule has 0 atom stereocenters. The van der Waals surface area contributed by atoms with Gasteiger partial charge in [0.25, 0.3) is 0 Å². The van der Waals surface area contributed by atoms with Gasteiger partial charge in [-0.1, -0.05) is 29.4 Å². The van der Waals surface area contributed by atoms with Crippen LogP contribution in [0.2, 0.25) is 5.02 Å². The molecule has 3 rings (SSSR count). The van der Waals surface area contributed by atoms with Crippen molar-refractivity contribution in [1.82, 2.24) is 20.2 Å². The highest BCUT2D eigenvalue weighted by Crippen LogP contribution is 2.21. The maximum atomic E-state index is 13.6. The van der Waals surface area contributed by atoms with Crippen molar-refractivity contribution in [2.24, 2.45) is 0 Å². The molecule has 25 heavy (non-hydrogen) atoms. The minimum atomic E-state index is -0.590. The fourth-order valence-corrected chi connectivity index (χ4v) is 2.81. The summed E-state index contributed by atoms with van der Waals surface area (Å²) in [6, 6.07) is 9.58. The number of carbonyl (C=O) groups is 1. The largest absolute Gasteiger partial charge is 0.323 e. The van der Waals surface area contributed by atoms with Crippen molar-refractivity contribution in [2.45, 2.75) is 5.16 Å². The maximum Gasteiger partial charge on any atom is 0.234 e. The SMILES string of the molecule is O=C(CSc1nnnn1-c1cccc(F)c1)Nc1cc(Cl)ccc1F. The molecule has 6 nitrogen and oxygen atoms in total. The lowest BCUT2D eigenvalue weighted by Crippen LogP contribution is -2.15. The summed E-state index contributed by atoms with van der Waals surface area (Å²) in [6.45, 7) is 0. The van der Waals surface area contributed by atoms with Crippen molar-refractivity contribution in [1.29, 1.82) is 0 Å². The van der Waals surface area contributed by atoms with Gasteiger partial charge in [-0.05, 0) is 46.8 Å². The lowest BCUT2D eigenvalue weighted by molar-refractivity contribution is -0.113. The van der Waals surface area contributed by atoms with Gasteiger partial charge >= 0.3 is 0 Å². The zero-order valence-electron chi connectivity index (χ0n) is 12.5. The highest BCUT2D eigenvalue weighted by atomic mass is 35.5. The number of hydrogen-bond acceptors (Lipinski definition) is 5. The predicted molar refractivity (Wildman–Crippen MR) is 89.9 cm³/mol. The average molecular weight is 382 g/mol. The van der Waals surface area contributed by atoms with Crippen molar-refractivity contribution in [3.8, 4) is 5.69 Å². The zero-order valence-corrected chi connectivity index (χ0v) is 14.1. The highest BCUT2D eigenvalue weighted by Gasteiger charge is 2.13. The Balaban J connectivity index is 1.67. The van der Waals surface area contributed by atoms with Crippen molar-refractivity contribution in [3.05, 3.63) is 59.1 Å². The van der Waals surface area contributed by atoms with Crippen molar-refractivity contribution < 1.29 is 13.6 Å². The zero-order chi connectivity index (χ0) is 17.8. The first-order valence-corrected chi connectivity index (χ1v) is 8.31. The first-order valence-electron chi connectivity index (χ1n) is 6.95. The van der Waals surface area contributed by atoms with Gasteiger partial charge in [0, 0.05) is 5.02 Å². The van der Waals surface area contributed by atoms with E-state index in [0.717, 1.165) is 17.8 Å². The summed E-state index contributed by atoms with van der Waals surface area (Å²) in [5.41, 5.74) is 0.414. The molecule has 1 aromatic heterocycles. The summed E-state index contributed by atoms with van der Waals surface area (Å²) >= 11 is 6.81. The Morgan fingerprint density at radius 2 is 2.08 bits per heavy atom. The van der Waals surface area contributed by atoms with Crippen LogP contribution >= 0.6 is 23.4 Å². The number of benzene rings is 2. The van der Waals surface area contributed by atoms with Crippen LogP contribution in [0.1, 0.15) is 0 Å². The van der Waals surface area contributed by atoms with Gasteiger partial charge in [0.2, 0.25) is 11.1 Å². The summed E-state index contributed by atoms with van der Waals surface area (Å²) in [5, 5.41) is 14.1. The van der Waals surface area contributed by atoms with Gasteiger partial charge in [-0.25, -0.2) is 8.78 Å². The number of carbonyl (C=O) groups excluding carboxylic acids is 1. The molecule has 0 radical (unpaired) electrons. The molecule has 0 aliphatic heterocycles. The summed E-state index contributed by atoms with van der Waals surface area (Å²) in [7, 11) is 0. The van der Waals surface area contributed by atoms with E-state index in [1.807, 2.05) is 0 Å². The number of hydrogen-bond donors (Lipinski definition) is 1. The number of nitrogens with one attached hydrogen (secondary N) is 1. The molecule has 0 saturated carbocycles. The van der Waals surface area contributed by atoms with Gasteiger partial charge in [-0.3, -0.25) is 4.79 Å². The molecule has 0 saturated heterocycles. The molecule has 10 heteroatoms. The van der Waals surface area contributed by atoms with E-state index in [4.69, 9.17) is 11.6 Å². The molecule has 0 fully saturated rings. The first-order chi connectivity index (χ1) is 12.0. The van der Waals surface area contributed by atoms with Crippen LogP contribution in [0.25, 0.3) is 5.69 Å². The fourth-order valence-electron chi connectivity index (χ4n) is 1.95. The second-order valence-corrected chi connectivity index (χ2v) is 6.19. The van der Waals surface area contributed by atoms with Crippen LogP contribution in [0, 0.1) is 11.6 Å². The van der Waals surface area contributed by atoms with Crippen LogP contribution in [0.4, 0.5) is 14.5 Å². The Kier molecular flexibility index (Phi) is 5.25. The normalized spacial score (nSPS) is 10.7. The van der Waals surface area contributed by atoms with Crippen LogP contribution in [-0.2, 0) is 4.79 Å². The van der Waals surface area contributed by atoms with E-state index in [1.54, 1.807) is 6.07 Å². The van der Waals surface area contributed by atoms with Gasteiger partial charge in [-0.2, -0.15) is 4.68 Å². The molecule has 1 amide bonds. The molecule has 2 aromatic carbocycles. The number of halogens is 3. The second kappa shape index (κ2) is 7.58. The lowest BCUT2D eigenvalue weighted by Gasteiger charge is -2.07. The Hall–Kier alpha value is -2.52. The third-order valence-corrected chi connectivity index (χ3v) is 4.18. The number of anilines is 1. The number of tetrazole rings is 1. The highest BCUT2D eigenvalue weighted by molar-refractivity contribution is 7.99. The number of thioether (sulfide) groups is 1. The van der Waals surface area contributed by atoms with Crippen LogP contribution in [0.5, 0.6) is 0 Å². The monoisotopic (exact) mass is 381 g/mol. The molecule has 0 bridgehead atoms. The van der Waals surface area contributed by atoms with E-state index in [0.29, 0.717) is 15.9 Å². The van der Waals surface area contributed by atoms with Crippen LogP contribution in [0.3, 0.4) is 0 Å². The predicted octanol–water partition coefficient (Wildman–Crippen LogP) is 3.32. The van der Waals surface area contributed by atoms with E-state index < -0.39 is 17.5 Å². The van der Waals surface area contributed by atoms with Crippen LogP contribution in [-0.4, -0.2) is 31.9 Å². The molecule has 3 aromatic rings. The quantitative estimate of drug-likeness (QED) is 0.686. The summed E-state index contributed by atoms with van der Waals surface area (Å²) in [4.78, 5) is 12.0. The lowest BCUT2D eigenvalue weighted by atomic mass is 10.3. The van der Waals surface area contributed by atoms with Gasteiger partial charge in [0.15, 0.2) is 0 Å². The maximum absolute atomic E-state index is 13.6. The minimum absolute atomic E-state index is 0.0113. The minimum Gasteiger partial charge on any atom is -0.323 e. The molecule has 1 heterocycles. The molecule has 0 spiro atoms. The van der Waals surface area contributed by atoms with Gasteiger partial charge < -0.3 is 5.32 Å². The van der Waals surface area contributed by atoms with Gasteiger partial charge in [0.1, 0.15) is 11.6 Å². The second-order valence-electron chi connectivity index (χ2n) is 4.81. The molecule has 0 aliphatic rings. The Bertz CT molecular complexity index is 920. The molecular weight excluding hydrogens is 372 g/mol. The van der Waals surface area contributed by atoms with E-state index in [2.05, 4.69) is 20.8 Å². The summed E-state index contributed by atoms with van der Waals surface area (Å²) in [5.74, 6) is -1.55. The Morgan fingerprint density at radius 1 is 1.24 bits per heavy atom. The Morgan fingerprint density at radius 3 is 2.88 bits per heavy atom. The number of amides is 1. The van der Waals surface area contributed by atoms with Crippen molar-refractivity contribution >= 4 is 35.0 Å². The topological polar surface area (TPSA) is 72.7 Å². The molecule has 128 valence electrons. The van der Waals surface area contributed by atoms with Gasteiger partial charge in [0.05, 0.1) is 17.1 Å². The Labute approximate surface area is 150 Å². The number of rotatable bonds is 5. The number of aromatic nitrogens is 4. The van der Waals surface area contributed by atoms with Crippen molar-refractivity contribution in [2.75, 3.05) is 11.1 Å². The molecule has 0 aliphatic carbocycles. The van der Waals surface area contributed by atoms with E-state index in [9.17, 15) is 13.6 Å². The van der Waals surface area contributed by atoms with E-state index in [-0.39, 0.29) is 11.4 Å². The number of nitrogens with zero attached hydrogens (tertiary/aromatic N) is 4. The van der Waals surface area contributed by atoms with Gasteiger partial charge in [-0.15, -0.1) is 5.10 Å². The third-order valence-electron chi connectivity index (χ3n) is 3.03. The van der Waals surface area contributed by atoms with E-state index in [1.165, 1.54) is 35.0 Å². The standard InChI is InChI=1S/C15H10ClF2N5OS/c16-9-4-5-12(18)13(6-9)19-14(24)8-25-15-20-21-22-23(15)11-3-1-2-10(17)7-11/h1-7H,8H2,(H,19,24). The van der Waals surface area contributed by atoms with E-state index >= 15 is 0 Å². The van der Waals surface area contributed by atoms with Crippen LogP contribution in [0.15, 0.2) is 47.6 Å². The third kappa shape index (κ3) is 4.31. The smallest absolute Gasteiger partial charge is 0.234 e. The first kappa shape index (κ1) is 17.3. The summed E-state index contributed by atoms with van der Waals surface area (Å²) < 4.78 is 28.2. The van der Waals surface area contributed by atoms with Crippen LogP contribution < -0.4 is 5.32 Å². The average Bonchev–Trinajstić information content (AvgIpc) is 3.05. The van der Waals surface area contributed by atoms with Crippen molar-refractivity contribution in [3.63, 3.8) is 0 Å². The molecule has 0 unspecified atom stereocenters. The molecular formula is C15H10ClF2N5OS. The summed E-state index contributed by atoms with van der Waals surface area (Å²) in [6.07, 6.45) is 0. The molecule has 1 N–H and O–H groups in total. The fraction of sp³-hybridized carbons (Fsp3) is 0.0667.